The highest BCUT2D eigenvalue weighted by atomic mass is 16.5. The average molecular weight is 164 g/mol. The predicted octanol–water partition coefficient (Wildman–Crippen LogP) is 1.91. The summed E-state index contributed by atoms with van der Waals surface area (Å²) < 4.78 is 5.00. The van der Waals surface area contributed by atoms with Crippen molar-refractivity contribution in [2.75, 3.05) is 7.11 Å². The molecule has 1 rings (SSSR count). The number of methoxy groups -OCH3 is 1. The molecule has 0 aromatic heterocycles. The lowest BCUT2D eigenvalue weighted by molar-refractivity contribution is 0.228. The molecule has 0 aliphatic heterocycles. The van der Waals surface area contributed by atoms with Gasteiger partial charge in [-0.15, -0.1) is 6.58 Å². The van der Waals surface area contributed by atoms with E-state index in [9.17, 15) is 5.11 Å². The molecule has 0 saturated carbocycles. The highest BCUT2D eigenvalue weighted by Crippen LogP contribution is 2.19. The molecule has 1 aromatic carbocycles. The second-order valence-electron chi connectivity index (χ2n) is 2.46. The molecule has 0 bridgehead atoms. The van der Waals surface area contributed by atoms with Crippen LogP contribution in [0.1, 0.15) is 11.7 Å². The fourth-order valence-electron chi connectivity index (χ4n) is 0.962. The smallest absolute Gasteiger partial charge is 0.119 e. The SMILES string of the molecule is C=C[C@H](O)c1cccc(OC)c1. The van der Waals surface area contributed by atoms with Crippen molar-refractivity contribution >= 4 is 0 Å². The lowest BCUT2D eigenvalue weighted by atomic mass is 10.1. The molecular formula is C10H12O2. The molecule has 0 amide bonds. The van der Waals surface area contributed by atoms with E-state index >= 15 is 0 Å². The van der Waals surface area contributed by atoms with Gasteiger partial charge in [0.2, 0.25) is 0 Å². The largest absolute Gasteiger partial charge is 0.497 e. The highest BCUT2D eigenvalue weighted by Gasteiger charge is 2.02. The lowest BCUT2D eigenvalue weighted by Crippen LogP contribution is -1.92. The zero-order valence-corrected chi connectivity index (χ0v) is 7.03. The standard InChI is InChI=1S/C10H12O2/c1-3-10(11)8-5-4-6-9(7-8)12-2/h3-7,10-11H,1H2,2H3/t10-/m0/s1. The summed E-state index contributed by atoms with van der Waals surface area (Å²) in [7, 11) is 1.60. The Labute approximate surface area is 72.1 Å². The van der Waals surface area contributed by atoms with Gasteiger partial charge in [0, 0.05) is 0 Å². The summed E-state index contributed by atoms with van der Waals surface area (Å²) in [5.41, 5.74) is 0.796. The predicted molar refractivity (Wildman–Crippen MR) is 48.2 cm³/mol. The van der Waals surface area contributed by atoms with E-state index in [-0.39, 0.29) is 0 Å². The number of benzene rings is 1. The van der Waals surface area contributed by atoms with Crippen molar-refractivity contribution in [2.24, 2.45) is 0 Å². The molecule has 1 N–H and O–H groups in total. The van der Waals surface area contributed by atoms with E-state index in [4.69, 9.17) is 4.74 Å². The van der Waals surface area contributed by atoms with Crippen molar-refractivity contribution in [1.82, 2.24) is 0 Å². The lowest BCUT2D eigenvalue weighted by Gasteiger charge is -2.06. The van der Waals surface area contributed by atoms with Crippen LogP contribution in [0.5, 0.6) is 5.75 Å². The van der Waals surface area contributed by atoms with Crippen molar-refractivity contribution in [3.8, 4) is 5.75 Å². The van der Waals surface area contributed by atoms with Crippen molar-refractivity contribution in [3.63, 3.8) is 0 Å². The van der Waals surface area contributed by atoms with Crippen LogP contribution >= 0.6 is 0 Å². The fourth-order valence-corrected chi connectivity index (χ4v) is 0.962. The molecule has 0 unspecified atom stereocenters. The molecule has 0 fully saturated rings. The molecule has 64 valence electrons. The monoisotopic (exact) mass is 164 g/mol. The molecule has 1 aromatic rings. The molecule has 0 spiro atoms. The Bertz CT molecular complexity index is 268. The number of ether oxygens (including phenoxy) is 1. The van der Waals surface area contributed by atoms with E-state index in [2.05, 4.69) is 6.58 Å². The minimum absolute atomic E-state index is 0.611. The molecule has 0 radical (unpaired) electrons. The summed E-state index contributed by atoms with van der Waals surface area (Å²) in [5.74, 6) is 0.744. The maximum Gasteiger partial charge on any atom is 0.119 e. The Morgan fingerprint density at radius 1 is 1.58 bits per heavy atom. The highest BCUT2D eigenvalue weighted by molar-refractivity contribution is 5.31. The van der Waals surface area contributed by atoms with Gasteiger partial charge in [0.25, 0.3) is 0 Å². The van der Waals surface area contributed by atoms with Crippen LogP contribution in [-0.4, -0.2) is 12.2 Å². The van der Waals surface area contributed by atoms with Crippen LogP contribution in [0.4, 0.5) is 0 Å². The maximum atomic E-state index is 9.38. The average Bonchev–Trinajstić information content (AvgIpc) is 2.17. The van der Waals surface area contributed by atoms with Gasteiger partial charge in [0.05, 0.1) is 13.2 Å². The van der Waals surface area contributed by atoms with Gasteiger partial charge in [-0.05, 0) is 17.7 Å². The van der Waals surface area contributed by atoms with E-state index in [1.165, 1.54) is 6.08 Å². The minimum Gasteiger partial charge on any atom is -0.497 e. The summed E-state index contributed by atoms with van der Waals surface area (Å²) >= 11 is 0. The molecular weight excluding hydrogens is 152 g/mol. The molecule has 0 aliphatic rings. The molecule has 12 heavy (non-hydrogen) atoms. The van der Waals surface area contributed by atoms with Crippen LogP contribution in [0.15, 0.2) is 36.9 Å². The van der Waals surface area contributed by atoms with Gasteiger partial charge in [0.1, 0.15) is 5.75 Å². The third-order valence-electron chi connectivity index (χ3n) is 1.66. The zero-order chi connectivity index (χ0) is 8.97. The summed E-state index contributed by atoms with van der Waals surface area (Å²) in [5, 5.41) is 9.38. The number of rotatable bonds is 3. The van der Waals surface area contributed by atoms with Crippen LogP contribution < -0.4 is 4.74 Å². The first kappa shape index (κ1) is 8.81. The van der Waals surface area contributed by atoms with E-state index in [1.807, 2.05) is 18.2 Å². The van der Waals surface area contributed by atoms with Crippen LogP contribution in [0.2, 0.25) is 0 Å². The van der Waals surface area contributed by atoms with Crippen LogP contribution in [0.25, 0.3) is 0 Å². The van der Waals surface area contributed by atoms with Gasteiger partial charge < -0.3 is 9.84 Å². The molecule has 0 heterocycles. The number of aliphatic hydroxyl groups is 1. The summed E-state index contributed by atoms with van der Waals surface area (Å²) in [4.78, 5) is 0. The molecule has 0 saturated heterocycles. The van der Waals surface area contributed by atoms with Crippen LogP contribution in [0, 0.1) is 0 Å². The second-order valence-corrected chi connectivity index (χ2v) is 2.46. The Morgan fingerprint density at radius 3 is 2.92 bits per heavy atom. The van der Waals surface area contributed by atoms with E-state index in [0.29, 0.717) is 0 Å². The first-order valence-electron chi connectivity index (χ1n) is 3.72. The van der Waals surface area contributed by atoms with Gasteiger partial charge in [-0.2, -0.15) is 0 Å². The normalized spacial score (nSPS) is 12.2. The summed E-state index contributed by atoms with van der Waals surface area (Å²) in [6, 6.07) is 7.28. The Kier molecular flexibility index (Phi) is 2.88. The van der Waals surface area contributed by atoms with Gasteiger partial charge in [-0.1, -0.05) is 18.2 Å². The fraction of sp³-hybridized carbons (Fsp3) is 0.200. The van der Waals surface area contributed by atoms with Crippen molar-refractivity contribution in [1.29, 1.82) is 0 Å². The third kappa shape index (κ3) is 1.86. The third-order valence-corrected chi connectivity index (χ3v) is 1.66. The quantitative estimate of drug-likeness (QED) is 0.691. The Hall–Kier alpha value is -1.28. The summed E-state index contributed by atoms with van der Waals surface area (Å²) in [6.45, 7) is 3.50. The topological polar surface area (TPSA) is 29.5 Å². The van der Waals surface area contributed by atoms with E-state index in [1.54, 1.807) is 13.2 Å². The number of hydrogen-bond donors (Lipinski definition) is 1. The molecule has 0 aliphatic carbocycles. The first-order chi connectivity index (χ1) is 5.77. The van der Waals surface area contributed by atoms with Crippen molar-refractivity contribution in [3.05, 3.63) is 42.5 Å². The van der Waals surface area contributed by atoms with Gasteiger partial charge in [-0.3, -0.25) is 0 Å². The number of hydrogen-bond acceptors (Lipinski definition) is 2. The summed E-state index contributed by atoms with van der Waals surface area (Å²) in [6.07, 6.45) is 0.870. The second kappa shape index (κ2) is 3.93. The Morgan fingerprint density at radius 2 is 2.33 bits per heavy atom. The van der Waals surface area contributed by atoms with Crippen LogP contribution in [-0.2, 0) is 0 Å². The van der Waals surface area contributed by atoms with Gasteiger partial charge in [-0.25, -0.2) is 0 Å². The minimum atomic E-state index is -0.611. The molecule has 1 atom stereocenters. The van der Waals surface area contributed by atoms with Gasteiger partial charge >= 0.3 is 0 Å². The van der Waals surface area contributed by atoms with E-state index in [0.717, 1.165) is 11.3 Å². The first-order valence-corrected chi connectivity index (χ1v) is 3.72. The Balaban J connectivity index is 2.93. The zero-order valence-electron chi connectivity index (χ0n) is 7.03. The van der Waals surface area contributed by atoms with Crippen LogP contribution in [0.3, 0.4) is 0 Å². The number of aliphatic hydroxyl groups excluding tert-OH is 1. The van der Waals surface area contributed by atoms with Crippen molar-refractivity contribution in [2.45, 2.75) is 6.10 Å². The van der Waals surface area contributed by atoms with Crippen molar-refractivity contribution < 1.29 is 9.84 Å². The maximum absolute atomic E-state index is 9.38. The molecule has 2 heteroatoms. The molecule has 2 nitrogen and oxygen atoms in total. The van der Waals surface area contributed by atoms with Gasteiger partial charge in [0.15, 0.2) is 0 Å². The van der Waals surface area contributed by atoms with E-state index < -0.39 is 6.10 Å².